The predicted molar refractivity (Wildman–Crippen MR) is 147 cm³/mol. The van der Waals surface area contributed by atoms with Crippen molar-refractivity contribution in [2.24, 2.45) is 0 Å². The fourth-order valence-electron chi connectivity index (χ4n) is 4.77. The van der Waals surface area contributed by atoms with Crippen molar-refractivity contribution in [3.8, 4) is 16.9 Å². The first kappa shape index (κ1) is 24.0. The third-order valence-corrected chi connectivity index (χ3v) is 7.40. The topological polar surface area (TPSA) is 59.4 Å². The summed E-state index contributed by atoms with van der Waals surface area (Å²) < 4.78 is 22.4. The van der Waals surface area contributed by atoms with E-state index >= 15 is 0 Å². The molecule has 37 heavy (non-hydrogen) atoms. The molecular weight excluding hydrogens is 555 g/mol. The van der Waals surface area contributed by atoms with E-state index in [1.165, 1.54) is 17.7 Å². The van der Waals surface area contributed by atoms with Crippen LogP contribution in [0.25, 0.3) is 16.9 Å². The van der Waals surface area contributed by atoms with Crippen molar-refractivity contribution in [3.63, 3.8) is 0 Å². The molecular formula is C28H22BrFN4O2S. The molecule has 1 N–H and O–H groups in total. The van der Waals surface area contributed by atoms with E-state index in [1.54, 1.807) is 21.7 Å². The normalized spacial score (nSPS) is 16.8. The van der Waals surface area contributed by atoms with E-state index in [0.29, 0.717) is 18.7 Å². The summed E-state index contributed by atoms with van der Waals surface area (Å²) in [5.74, 6) is -0.396. The lowest BCUT2D eigenvalue weighted by Crippen LogP contribution is -2.30. The van der Waals surface area contributed by atoms with Gasteiger partial charge in [-0.1, -0.05) is 40.3 Å². The lowest BCUT2D eigenvalue weighted by atomic mass is 10.0. The van der Waals surface area contributed by atoms with Crippen molar-refractivity contribution in [3.05, 3.63) is 99.9 Å². The maximum Gasteiger partial charge on any atom is 0.250 e. The van der Waals surface area contributed by atoms with Crippen LogP contribution < -0.4 is 5.32 Å². The Morgan fingerprint density at radius 1 is 1.11 bits per heavy atom. The van der Waals surface area contributed by atoms with Gasteiger partial charge in [0.2, 0.25) is 0 Å². The highest BCUT2D eigenvalue weighted by Crippen LogP contribution is 2.36. The molecule has 1 unspecified atom stereocenters. The quantitative estimate of drug-likeness (QED) is 0.292. The first-order chi connectivity index (χ1) is 17.9. The monoisotopic (exact) mass is 576 g/mol. The van der Waals surface area contributed by atoms with Gasteiger partial charge in [-0.3, -0.25) is 4.79 Å². The molecule has 3 heterocycles. The van der Waals surface area contributed by atoms with Crippen LogP contribution in [0.2, 0.25) is 0 Å². The fourth-order valence-corrected chi connectivity index (χ4v) is 5.30. The molecule has 0 bridgehead atoms. The molecule has 0 saturated carbocycles. The van der Waals surface area contributed by atoms with Crippen molar-refractivity contribution < 1.29 is 13.9 Å². The number of amides is 1. The number of ether oxygens (including phenoxy) is 1. The zero-order valence-electron chi connectivity index (χ0n) is 19.7. The van der Waals surface area contributed by atoms with E-state index in [9.17, 15) is 9.18 Å². The fraction of sp³-hybridized carbons (Fsp3) is 0.179. The number of benzene rings is 3. The van der Waals surface area contributed by atoms with Gasteiger partial charge in [-0.05, 0) is 72.1 Å². The molecule has 0 aliphatic carbocycles. The molecule has 2 aliphatic heterocycles. The largest absolute Gasteiger partial charge is 0.350 e. The number of rotatable bonds is 6. The van der Waals surface area contributed by atoms with Gasteiger partial charge >= 0.3 is 0 Å². The molecule has 3 aromatic carbocycles. The molecule has 1 amide bonds. The summed E-state index contributed by atoms with van der Waals surface area (Å²) in [6.07, 6.45) is 2.71. The highest BCUT2D eigenvalue weighted by molar-refractivity contribution is 9.10. The molecule has 186 valence electrons. The van der Waals surface area contributed by atoms with E-state index in [-0.39, 0.29) is 18.3 Å². The summed E-state index contributed by atoms with van der Waals surface area (Å²) in [7, 11) is 0. The highest BCUT2D eigenvalue weighted by Gasteiger charge is 2.36. The average molecular weight is 577 g/mol. The zero-order valence-corrected chi connectivity index (χ0v) is 22.1. The number of anilines is 1. The number of carbonyl (C=O) groups is 1. The number of hydrogen-bond acceptors (Lipinski definition) is 4. The number of halogens is 2. The third-order valence-electron chi connectivity index (χ3n) is 6.62. The van der Waals surface area contributed by atoms with Crippen LogP contribution in [-0.4, -0.2) is 38.7 Å². The smallest absolute Gasteiger partial charge is 0.250 e. The third kappa shape index (κ3) is 4.82. The molecule has 9 heteroatoms. The predicted octanol–water partition coefficient (Wildman–Crippen LogP) is 5.84. The highest BCUT2D eigenvalue weighted by atomic mass is 79.9. The zero-order chi connectivity index (χ0) is 25.5. The first-order valence-electron chi connectivity index (χ1n) is 11.9. The number of carbonyl (C=O) groups excluding carboxylic acids is 1. The summed E-state index contributed by atoms with van der Waals surface area (Å²) in [5.41, 5.74) is 6.37. The first-order valence-corrected chi connectivity index (χ1v) is 13.1. The Hall–Kier alpha value is -3.40. The Balaban J connectivity index is 1.32. The van der Waals surface area contributed by atoms with Crippen molar-refractivity contribution in [1.82, 2.24) is 14.7 Å². The Kier molecular flexibility index (Phi) is 6.36. The Bertz CT molecular complexity index is 1500. The van der Waals surface area contributed by atoms with Crippen LogP contribution >= 0.6 is 28.1 Å². The lowest BCUT2D eigenvalue weighted by molar-refractivity contribution is -0.128. The average Bonchev–Trinajstić information content (AvgIpc) is 3.59. The number of hydrogen-bond donors (Lipinski definition) is 1. The summed E-state index contributed by atoms with van der Waals surface area (Å²) in [6, 6.07) is 20.2. The molecule has 1 aromatic heterocycles. The molecule has 6 nitrogen and oxygen atoms in total. The standard InChI is InChI=1S/C28H22BrFN4O2S/c29-20-4-8-22(9-5-20)34-15-23(27(32-34)18-2-6-21(30)7-3-18)28-33(26(35)16-36-28)12-11-17-1-10-24-19(13-17)14-25(37)31-24/h1-10,13,15,28H,11-12,14,16H2,(H,31,37). The Morgan fingerprint density at radius 2 is 1.89 bits per heavy atom. The van der Waals surface area contributed by atoms with Gasteiger partial charge < -0.3 is 15.0 Å². The molecule has 1 atom stereocenters. The van der Waals surface area contributed by atoms with Crippen molar-refractivity contribution in [1.29, 1.82) is 0 Å². The van der Waals surface area contributed by atoms with Crippen molar-refractivity contribution in [2.75, 3.05) is 18.5 Å². The molecule has 1 fully saturated rings. The number of nitrogens with one attached hydrogen (secondary N) is 1. The number of aromatic nitrogens is 2. The lowest BCUT2D eigenvalue weighted by Gasteiger charge is -2.23. The van der Waals surface area contributed by atoms with E-state index < -0.39 is 6.23 Å². The molecule has 2 aliphatic rings. The second-order valence-corrected chi connectivity index (χ2v) is 10.5. The van der Waals surface area contributed by atoms with Crippen LogP contribution in [0.1, 0.15) is 22.9 Å². The number of thiocarbonyl (C=S) groups is 1. The van der Waals surface area contributed by atoms with Crippen LogP contribution in [0.5, 0.6) is 0 Å². The van der Waals surface area contributed by atoms with E-state index in [4.69, 9.17) is 22.1 Å². The van der Waals surface area contributed by atoms with Gasteiger partial charge in [0.25, 0.3) is 5.91 Å². The molecule has 0 radical (unpaired) electrons. The van der Waals surface area contributed by atoms with Gasteiger partial charge in [0, 0.05) is 40.4 Å². The van der Waals surface area contributed by atoms with E-state index in [2.05, 4.69) is 33.4 Å². The SMILES string of the molecule is O=C1COC(c2cn(-c3ccc(Br)cc3)nc2-c2ccc(F)cc2)N1CCc1ccc2c(c1)CC(=S)N2. The summed E-state index contributed by atoms with van der Waals surface area (Å²) in [4.78, 5) is 15.5. The van der Waals surface area contributed by atoms with Gasteiger partial charge in [-0.15, -0.1) is 0 Å². The van der Waals surface area contributed by atoms with Gasteiger partial charge in [0.05, 0.1) is 10.7 Å². The summed E-state index contributed by atoms with van der Waals surface area (Å²) >= 11 is 8.76. The van der Waals surface area contributed by atoms with Crippen molar-refractivity contribution in [2.45, 2.75) is 19.1 Å². The summed E-state index contributed by atoms with van der Waals surface area (Å²) in [5, 5.41) is 8.03. The molecule has 4 aromatic rings. The molecule has 0 spiro atoms. The van der Waals surface area contributed by atoms with Gasteiger partial charge in [0.1, 0.15) is 18.1 Å². The minimum atomic E-state index is -0.597. The minimum absolute atomic E-state index is 0.000628. The molecule has 6 rings (SSSR count). The number of fused-ring (bicyclic) bond motifs is 1. The van der Waals surface area contributed by atoms with Crippen LogP contribution in [-0.2, 0) is 22.4 Å². The van der Waals surface area contributed by atoms with Crippen LogP contribution in [0.15, 0.2) is 77.4 Å². The maximum absolute atomic E-state index is 13.7. The van der Waals surface area contributed by atoms with Crippen LogP contribution in [0.4, 0.5) is 10.1 Å². The van der Waals surface area contributed by atoms with Crippen LogP contribution in [0, 0.1) is 5.82 Å². The van der Waals surface area contributed by atoms with E-state index in [0.717, 1.165) is 43.9 Å². The van der Waals surface area contributed by atoms with Gasteiger partial charge in [0.15, 0.2) is 6.23 Å². The maximum atomic E-state index is 13.7. The Morgan fingerprint density at radius 3 is 2.68 bits per heavy atom. The van der Waals surface area contributed by atoms with Crippen LogP contribution in [0.3, 0.4) is 0 Å². The van der Waals surface area contributed by atoms with Crippen molar-refractivity contribution >= 4 is 44.7 Å². The number of nitrogens with zero attached hydrogens (tertiary/aromatic N) is 3. The van der Waals surface area contributed by atoms with Gasteiger partial charge in [-0.25, -0.2) is 9.07 Å². The minimum Gasteiger partial charge on any atom is -0.350 e. The Labute approximate surface area is 227 Å². The van der Waals surface area contributed by atoms with E-state index in [1.807, 2.05) is 36.5 Å². The molecule has 1 saturated heterocycles. The second-order valence-electron chi connectivity index (χ2n) is 9.08. The van der Waals surface area contributed by atoms with Gasteiger partial charge in [-0.2, -0.15) is 5.10 Å². The summed E-state index contributed by atoms with van der Waals surface area (Å²) in [6.45, 7) is 0.492. The second kappa shape index (κ2) is 9.81.